The van der Waals surface area contributed by atoms with E-state index in [-0.39, 0.29) is 5.54 Å². The first-order valence-corrected chi connectivity index (χ1v) is 7.80. The molecule has 1 aromatic carbocycles. The number of rotatable bonds is 5. The fourth-order valence-corrected chi connectivity index (χ4v) is 3.73. The third-order valence-corrected chi connectivity index (χ3v) is 4.92. The molecule has 4 heteroatoms. The molecule has 0 aromatic heterocycles. The maximum atomic E-state index is 6.05. The lowest BCUT2D eigenvalue weighted by molar-refractivity contribution is -0.230. The Morgan fingerprint density at radius 1 is 1.29 bits per heavy atom. The lowest BCUT2D eigenvalue weighted by atomic mass is 9.74. The smallest absolute Gasteiger partial charge is 0.172 e. The molecule has 1 heterocycles. The monoisotopic (exact) mass is 291 g/mol. The Morgan fingerprint density at radius 3 is 2.86 bits per heavy atom. The van der Waals surface area contributed by atoms with Crippen LogP contribution in [0.4, 0.5) is 0 Å². The van der Waals surface area contributed by atoms with Crippen molar-refractivity contribution in [1.82, 2.24) is 5.48 Å². The first kappa shape index (κ1) is 15.0. The predicted octanol–water partition coefficient (Wildman–Crippen LogP) is 3.03. The zero-order chi connectivity index (χ0) is 14.8. The van der Waals surface area contributed by atoms with Gasteiger partial charge in [-0.25, -0.2) is 0 Å². The molecule has 1 saturated carbocycles. The molecule has 2 aliphatic rings. The van der Waals surface area contributed by atoms with Crippen LogP contribution in [0.5, 0.6) is 0 Å². The SMILES string of the molecule is CO[C@@]12CCCC[C@@H]1C(C)(NOCc1ccccc1)CO2. The molecule has 2 fully saturated rings. The van der Waals surface area contributed by atoms with Crippen molar-refractivity contribution in [3.05, 3.63) is 35.9 Å². The molecule has 116 valence electrons. The van der Waals surface area contributed by atoms with Crippen LogP contribution in [0.1, 0.15) is 38.2 Å². The summed E-state index contributed by atoms with van der Waals surface area (Å²) in [4.78, 5) is 5.76. The van der Waals surface area contributed by atoms with Gasteiger partial charge in [-0.1, -0.05) is 36.8 Å². The van der Waals surface area contributed by atoms with Crippen molar-refractivity contribution in [2.75, 3.05) is 13.7 Å². The number of hydrogen-bond donors (Lipinski definition) is 1. The summed E-state index contributed by atoms with van der Waals surface area (Å²) in [5.41, 5.74) is 4.23. The molecule has 0 spiro atoms. The topological polar surface area (TPSA) is 39.7 Å². The standard InChI is InChI=1S/C17H25NO3/c1-16(18-21-12-14-8-4-3-5-9-14)13-20-17(19-2)11-7-6-10-15(16)17/h3-5,8-9,15,18H,6-7,10-13H2,1-2H3/t15-,16?,17-/m1/s1. The van der Waals surface area contributed by atoms with Gasteiger partial charge in [0.2, 0.25) is 0 Å². The van der Waals surface area contributed by atoms with Crippen LogP contribution in [0.15, 0.2) is 30.3 Å². The van der Waals surface area contributed by atoms with E-state index < -0.39 is 5.79 Å². The second-order valence-electron chi connectivity index (χ2n) is 6.40. The summed E-state index contributed by atoms with van der Waals surface area (Å²) in [5.74, 6) is -0.0876. The van der Waals surface area contributed by atoms with E-state index in [1.54, 1.807) is 7.11 Å². The van der Waals surface area contributed by atoms with Crippen molar-refractivity contribution in [1.29, 1.82) is 0 Å². The van der Waals surface area contributed by atoms with Gasteiger partial charge in [0.25, 0.3) is 0 Å². The zero-order valence-electron chi connectivity index (χ0n) is 12.9. The van der Waals surface area contributed by atoms with Gasteiger partial charge in [0.1, 0.15) is 0 Å². The Kier molecular flexibility index (Phi) is 4.31. The quantitative estimate of drug-likeness (QED) is 0.847. The van der Waals surface area contributed by atoms with E-state index in [0.29, 0.717) is 19.1 Å². The van der Waals surface area contributed by atoms with E-state index in [1.165, 1.54) is 12.8 Å². The number of methoxy groups -OCH3 is 1. The molecule has 1 aromatic rings. The lowest BCUT2D eigenvalue weighted by Crippen LogP contribution is -2.54. The number of hydrogen-bond acceptors (Lipinski definition) is 4. The van der Waals surface area contributed by atoms with E-state index in [4.69, 9.17) is 14.3 Å². The third-order valence-electron chi connectivity index (χ3n) is 4.92. The second kappa shape index (κ2) is 6.05. The fraction of sp³-hybridized carbons (Fsp3) is 0.647. The summed E-state index contributed by atoms with van der Waals surface area (Å²) >= 11 is 0. The summed E-state index contributed by atoms with van der Waals surface area (Å²) in [6.07, 6.45) is 4.50. The molecule has 1 N–H and O–H groups in total. The van der Waals surface area contributed by atoms with Crippen molar-refractivity contribution in [3.8, 4) is 0 Å². The number of hydroxylamine groups is 1. The molecule has 4 nitrogen and oxygen atoms in total. The molecule has 21 heavy (non-hydrogen) atoms. The van der Waals surface area contributed by atoms with E-state index in [1.807, 2.05) is 18.2 Å². The van der Waals surface area contributed by atoms with Gasteiger partial charge in [0, 0.05) is 19.4 Å². The van der Waals surface area contributed by atoms with E-state index in [2.05, 4.69) is 24.5 Å². The zero-order valence-corrected chi connectivity index (χ0v) is 12.9. The first-order chi connectivity index (χ1) is 10.2. The summed E-state index contributed by atoms with van der Waals surface area (Å²) in [6.45, 7) is 3.36. The average molecular weight is 291 g/mol. The highest BCUT2D eigenvalue weighted by Gasteiger charge is 2.57. The van der Waals surface area contributed by atoms with Gasteiger partial charge in [0.05, 0.1) is 18.8 Å². The van der Waals surface area contributed by atoms with Crippen molar-refractivity contribution < 1.29 is 14.3 Å². The van der Waals surface area contributed by atoms with Gasteiger partial charge >= 0.3 is 0 Å². The van der Waals surface area contributed by atoms with Gasteiger partial charge in [-0.15, -0.1) is 0 Å². The van der Waals surface area contributed by atoms with Crippen LogP contribution < -0.4 is 5.48 Å². The van der Waals surface area contributed by atoms with Crippen LogP contribution >= 0.6 is 0 Å². The van der Waals surface area contributed by atoms with Gasteiger partial charge < -0.3 is 9.47 Å². The second-order valence-corrected chi connectivity index (χ2v) is 6.40. The van der Waals surface area contributed by atoms with E-state index in [9.17, 15) is 0 Å². The van der Waals surface area contributed by atoms with Crippen molar-refractivity contribution in [2.45, 2.75) is 50.5 Å². The Balaban J connectivity index is 1.62. The van der Waals surface area contributed by atoms with Gasteiger partial charge in [-0.3, -0.25) is 4.84 Å². The predicted molar refractivity (Wildman–Crippen MR) is 80.4 cm³/mol. The van der Waals surface area contributed by atoms with Crippen molar-refractivity contribution >= 4 is 0 Å². The molecule has 1 aliphatic carbocycles. The summed E-state index contributed by atoms with van der Waals surface area (Å²) < 4.78 is 11.8. The molecule has 0 amide bonds. The molecule has 3 rings (SSSR count). The first-order valence-electron chi connectivity index (χ1n) is 7.80. The maximum Gasteiger partial charge on any atom is 0.172 e. The molecular weight excluding hydrogens is 266 g/mol. The molecule has 0 radical (unpaired) electrons. The molecule has 1 unspecified atom stereocenters. The molecular formula is C17H25NO3. The van der Waals surface area contributed by atoms with Gasteiger partial charge in [-0.2, -0.15) is 5.48 Å². The highest BCUT2D eigenvalue weighted by molar-refractivity contribution is 5.13. The minimum absolute atomic E-state index is 0.189. The molecule has 0 bridgehead atoms. The van der Waals surface area contributed by atoms with Crippen LogP contribution in [0.3, 0.4) is 0 Å². The minimum Gasteiger partial charge on any atom is -0.353 e. The highest BCUT2D eigenvalue weighted by atomic mass is 16.7. The summed E-state index contributed by atoms with van der Waals surface area (Å²) in [7, 11) is 1.76. The number of benzene rings is 1. The van der Waals surface area contributed by atoms with Crippen molar-refractivity contribution in [3.63, 3.8) is 0 Å². The Hall–Kier alpha value is -0.940. The Labute approximate surface area is 126 Å². The largest absolute Gasteiger partial charge is 0.353 e. The molecule has 1 saturated heterocycles. The minimum atomic E-state index is -0.421. The molecule has 3 atom stereocenters. The highest BCUT2D eigenvalue weighted by Crippen LogP contribution is 2.48. The Morgan fingerprint density at radius 2 is 2.10 bits per heavy atom. The van der Waals surface area contributed by atoms with Crippen molar-refractivity contribution in [2.24, 2.45) is 5.92 Å². The normalized spacial score (nSPS) is 35.6. The Bertz CT molecular complexity index is 466. The van der Waals surface area contributed by atoms with E-state index >= 15 is 0 Å². The van der Waals surface area contributed by atoms with E-state index in [0.717, 1.165) is 18.4 Å². The van der Waals surface area contributed by atoms with Gasteiger partial charge in [-0.05, 0) is 25.3 Å². The summed E-state index contributed by atoms with van der Waals surface area (Å²) in [5, 5.41) is 0. The van der Waals surface area contributed by atoms with Crippen LogP contribution in [0, 0.1) is 5.92 Å². The van der Waals surface area contributed by atoms with Crippen LogP contribution in [0.25, 0.3) is 0 Å². The number of ether oxygens (including phenoxy) is 2. The molecule has 1 aliphatic heterocycles. The lowest BCUT2D eigenvalue weighted by Gasteiger charge is -2.41. The third kappa shape index (κ3) is 2.86. The fourth-order valence-electron chi connectivity index (χ4n) is 3.73. The van der Waals surface area contributed by atoms with Crippen LogP contribution in [0.2, 0.25) is 0 Å². The summed E-state index contributed by atoms with van der Waals surface area (Å²) in [6, 6.07) is 10.2. The van der Waals surface area contributed by atoms with Crippen LogP contribution in [-0.4, -0.2) is 25.0 Å². The number of fused-ring (bicyclic) bond motifs is 1. The average Bonchev–Trinajstić information content (AvgIpc) is 2.83. The number of nitrogens with one attached hydrogen (secondary N) is 1. The van der Waals surface area contributed by atoms with Gasteiger partial charge in [0.15, 0.2) is 5.79 Å². The van der Waals surface area contributed by atoms with Crippen LogP contribution in [-0.2, 0) is 20.9 Å². The maximum absolute atomic E-state index is 6.05.